The summed E-state index contributed by atoms with van der Waals surface area (Å²) in [6.45, 7) is 4.80. The van der Waals surface area contributed by atoms with Gasteiger partial charge in [0.05, 0.1) is 23.1 Å². The zero-order valence-electron chi connectivity index (χ0n) is 15.8. The Morgan fingerprint density at radius 2 is 2.22 bits per heavy atom. The van der Waals surface area contributed by atoms with E-state index in [9.17, 15) is 13.2 Å². The molecule has 0 saturated carbocycles. The molecule has 148 valence electrons. The fourth-order valence-corrected chi connectivity index (χ4v) is 4.17. The Morgan fingerprint density at radius 1 is 1.44 bits per heavy atom. The SMILES string of the molecule is CC(C)n1nnc2cc(S(=O)(=O)N(C)CC(=O)NCC3CCCO3)ccc21. The summed E-state index contributed by atoms with van der Waals surface area (Å²) < 4.78 is 33.8. The van der Waals surface area contributed by atoms with Crippen LogP contribution < -0.4 is 5.32 Å². The van der Waals surface area contributed by atoms with Crippen molar-refractivity contribution < 1.29 is 17.9 Å². The first-order valence-electron chi connectivity index (χ1n) is 8.98. The van der Waals surface area contributed by atoms with Crippen LogP contribution in [-0.4, -0.2) is 66.5 Å². The molecule has 27 heavy (non-hydrogen) atoms. The molecule has 1 saturated heterocycles. The number of rotatable bonds is 7. The summed E-state index contributed by atoms with van der Waals surface area (Å²) in [5.41, 5.74) is 1.27. The van der Waals surface area contributed by atoms with Crippen molar-refractivity contribution in [2.45, 2.75) is 43.7 Å². The lowest BCUT2D eigenvalue weighted by Crippen LogP contribution is -2.40. The third-order valence-electron chi connectivity index (χ3n) is 4.56. The fourth-order valence-electron chi connectivity index (χ4n) is 3.02. The van der Waals surface area contributed by atoms with E-state index < -0.39 is 10.0 Å². The summed E-state index contributed by atoms with van der Waals surface area (Å²) in [5, 5.41) is 10.8. The van der Waals surface area contributed by atoms with E-state index >= 15 is 0 Å². The van der Waals surface area contributed by atoms with E-state index in [1.807, 2.05) is 13.8 Å². The number of amides is 1. The molecule has 2 heterocycles. The van der Waals surface area contributed by atoms with Crippen LogP contribution in [0.25, 0.3) is 11.0 Å². The Kier molecular flexibility index (Phi) is 5.78. The Balaban J connectivity index is 1.69. The lowest BCUT2D eigenvalue weighted by atomic mass is 10.2. The number of likely N-dealkylation sites (N-methyl/N-ethyl adjacent to an activating group) is 1. The zero-order chi connectivity index (χ0) is 19.6. The number of carbonyl (C=O) groups is 1. The molecule has 1 aromatic carbocycles. The number of hydrogen-bond acceptors (Lipinski definition) is 6. The normalized spacial score (nSPS) is 17.9. The highest BCUT2D eigenvalue weighted by atomic mass is 32.2. The first-order chi connectivity index (χ1) is 12.8. The van der Waals surface area contributed by atoms with Gasteiger partial charge in [0.25, 0.3) is 0 Å². The maximum Gasteiger partial charge on any atom is 0.243 e. The molecular weight excluding hydrogens is 370 g/mol. The smallest absolute Gasteiger partial charge is 0.243 e. The van der Waals surface area contributed by atoms with Crippen molar-refractivity contribution in [1.29, 1.82) is 0 Å². The van der Waals surface area contributed by atoms with E-state index in [1.165, 1.54) is 19.2 Å². The maximum absolute atomic E-state index is 12.8. The summed E-state index contributed by atoms with van der Waals surface area (Å²) in [6.07, 6.45) is 1.91. The molecule has 1 amide bonds. The molecule has 10 heteroatoms. The van der Waals surface area contributed by atoms with Crippen molar-refractivity contribution in [1.82, 2.24) is 24.6 Å². The Labute approximate surface area is 158 Å². The standard InChI is InChI=1S/C17H25N5O4S/c1-12(2)22-16-7-6-14(9-15(16)19-20-22)27(24,25)21(3)11-17(23)18-10-13-5-4-8-26-13/h6-7,9,12-13H,4-5,8,10-11H2,1-3H3,(H,18,23). The molecule has 1 N–H and O–H groups in total. The van der Waals surface area contributed by atoms with Crippen LogP contribution in [0.5, 0.6) is 0 Å². The molecule has 3 rings (SSSR count). The van der Waals surface area contributed by atoms with E-state index in [2.05, 4.69) is 15.6 Å². The van der Waals surface area contributed by atoms with E-state index in [4.69, 9.17) is 4.74 Å². The molecule has 1 fully saturated rings. The second-order valence-corrected chi connectivity index (χ2v) is 9.02. The Morgan fingerprint density at radius 3 is 2.89 bits per heavy atom. The number of benzene rings is 1. The van der Waals surface area contributed by atoms with Crippen molar-refractivity contribution in [3.05, 3.63) is 18.2 Å². The van der Waals surface area contributed by atoms with Gasteiger partial charge in [0.2, 0.25) is 15.9 Å². The number of hydrogen-bond donors (Lipinski definition) is 1. The van der Waals surface area contributed by atoms with E-state index in [-0.39, 0.29) is 29.5 Å². The number of nitrogens with one attached hydrogen (secondary N) is 1. The predicted molar refractivity (Wildman–Crippen MR) is 99.7 cm³/mol. The van der Waals surface area contributed by atoms with Crippen LogP contribution in [0.2, 0.25) is 0 Å². The third kappa shape index (κ3) is 4.28. The Hall–Kier alpha value is -2.04. The molecule has 0 aliphatic carbocycles. The number of sulfonamides is 1. The van der Waals surface area contributed by atoms with Gasteiger partial charge in [-0.1, -0.05) is 5.21 Å². The van der Waals surface area contributed by atoms with E-state index in [1.54, 1.807) is 10.7 Å². The number of carbonyl (C=O) groups excluding carboxylic acids is 1. The molecule has 1 aliphatic rings. The summed E-state index contributed by atoms with van der Waals surface area (Å²) >= 11 is 0. The minimum atomic E-state index is -3.81. The summed E-state index contributed by atoms with van der Waals surface area (Å²) in [7, 11) is -2.42. The largest absolute Gasteiger partial charge is 0.376 e. The molecule has 9 nitrogen and oxygen atoms in total. The average Bonchev–Trinajstić information content (AvgIpc) is 3.28. The van der Waals surface area contributed by atoms with Gasteiger partial charge in [-0.15, -0.1) is 5.10 Å². The van der Waals surface area contributed by atoms with Gasteiger partial charge in [-0.2, -0.15) is 4.31 Å². The number of aromatic nitrogens is 3. The second kappa shape index (κ2) is 7.91. The van der Waals surface area contributed by atoms with Gasteiger partial charge in [-0.25, -0.2) is 13.1 Å². The summed E-state index contributed by atoms with van der Waals surface area (Å²) in [5.74, 6) is -0.358. The topological polar surface area (TPSA) is 106 Å². The minimum Gasteiger partial charge on any atom is -0.376 e. The molecule has 2 aromatic rings. The molecule has 1 aromatic heterocycles. The van der Waals surface area contributed by atoms with Crippen LogP contribution in [0.15, 0.2) is 23.1 Å². The predicted octanol–water partition coefficient (Wildman–Crippen LogP) is 0.928. The quantitative estimate of drug-likeness (QED) is 0.747. The molecule has 0 bridgehead atoms. The third-order valence-corrected chi connectivity index (χ3v) is 6.36. The van der Waals surface area contributed by atoms with Gasteiger partial charge < -0.3 is 10.1 Å². The van der Waals surface area contributed by atoms with Gasteiger partial charge in [-0.05, 0) is 44.9 Å². The van der Waals surface area contributed by atoms with E-state index in [0.29, 0.717) is 18.7 Å². The zero-order valence-corrected chi connectivity index (χ0v) is 16.6. The lowest BCUT2D eigenvalue weighted by molar-refractivity contribution is -0.121. The highest BCUT2D eigenvalue weighted by Gasteiger charge is 2.25. The Bertz CT molecular complexity index is 919. The first kappa shape index (κ1) is 19.7. The number of nitrogens with zero attached hydrogens (tertiary/aromatic N) is 4. The monoisotopic (exact) mass is 395 g/mol. The van der Waals surface area contributed by atoms with Crippen LogP contribution in [0.4, 0.5) is 0 Å². The van der Waals surface area contributed by atoms with Crippen molar-refractivity contribution in [2.75, 3.05) is 26.7 Å². The lowest BCUT2D eigenvalue weighted by Gasteiger charge is -2.18. The van der Waals surface area contributed by atoms with Crippen molar-refractivity contribution >= 4 is 27.0 Å². The molecule has 1 unspecified atom stereocenters. The average molecular weight is 395 g/mol. The summed E-state index contributed by atoms with van der Waals surface area (Å²) in [4.78, 5) is 12.2. The fraction of sp³-hybridized carbons (Fsp3) is 0.588. The van der Waals surface area contributed by atoms with Gasteiger partial charge in [0, 0.05) is 26.2 Å². The molecule has 1 atom stereocenters. The molecule has 0 spiro atoms. The van der Waals surface area contributed by atoms with Crippen LogP contribution >= 0.6 is 0 Å². The first-order valence-corrected chi connectivity index (χ1v) is 10.4. The molecule has 0 radical (unpaired) electrons. The van der Waals surface area contributed by atoms with Crippen molar-refractivity contribution in [2.24, 2.45) is 0 Å². The van der Waals surface area contributed by atoms with Crippen LogP contribution in [-0.2, 0) is 19.6 Å². The number of ether oxygens (including phenoxy) is 1. The molecule has 1 aliphatic heterocycles. The molecular formula is C17H25N5O4S. The van der Waals surface area contributed by atoms with Gasteiger partial charge in [-0.3, -0.25) is 4.79 Å². The maximum atomic E-state index is 12.8. The van der Waals surface area contributed by atoms with Crippen LogP contribution in [0, 0.1) is 0 Å². The summed E-state index contributed by atoms with van der Waals surface area (Å²) in [6, 6.07) is 4.80. The second-order valence-electron chi connectivity index (χ2n) is 6.98. The van der Waals surface area contributed by atoms with Crippen LogP contribution in [0.1, 0.15) is 32.7 Å². The highest BCUT2D eigenvalue weighted by Crippen LogP contribution is 2.21. The van der Waals surface area contributed by atoms with Crippen molar-refractivity contribution in [3.8, 4) is 0 Å². The van der Waals surface area contributed by atoms with Crippen molar-refractivity contribution in [3.63, 3.8) is 0 Å². The van der Waals surface area contributed by atoms with Gasteiger partial charge in [0.1, 0.15) is 5.52 Å². The van der Waals surface area contributed by atoms with Gasteiger partial charge in [0.15, 0.2) is 0 Å². The highest BCUT2D eigenvalue weighted by molar-refractivity contribution is 7.89. The van der Waals surface area contributed by atoms with E-state index in [0.717, 1.165) is 22.7 Å². The van der Waals surface area contributed by atoms with Gasteiger partial charge >= 0.3 is 0 Å². The van der Waals surface area contributed by atoms with Crippen LogP contribution in [0.3, 0.4) is 0 Å². The number of fused-ring (bicyclic) bond motifs is 1. The minimum absolute atomic E-state index is 0.0156.